The third kappa shape index (κ3) is 5.33. The Morgan fingerprint density at radius 2 is 1.66 bits per heavy atom. The van der Waals surface area contributed by atoms with E-state index >= 15 is 0 Å². The Balaban J connectivity index is 1.91. The van der Waals surface area contributed by atoms with Crippen LogP contribution in [0.2, 0.25) is 0 Å². The number of methoxy groups -OCH3 is 2. The van der Waals surface area contributed by atoms with Crippen LogP contribution in [0.25, 0.3) is 0 Å². The molecule has 0 bridgehead atoms. The summed E-state index contributed by atoms with van der Waals surface area (Å²) in [6.45, 7) is -0.303. The molecule has 0 atom stereocenters. The normalized spacial score (nSPS) is 11.0. The second kappa shape index (κ2) is 10.1. The standard InChI is InChI=1S/C22H22FN3O5S/c1-30-20-8-7-19(13-21(20)31-2)32(28,29)26(18-5-3-17(23)4-6-18)15-22(27)25-14-16-9-11-24-12-10-16/h3-13H,14-15H2,1-2H3,(H,25,27). The first kappa shape index (κ1) is 23.0. The molecule has 0 unspecified atom stereocenters. The lowest BCUT2D eigenvalue weighted by Crippen LogP contribution is -2.40. The monoisotopic (exact) mass is 459 g/mol. The highest BCUT2D eigenvalue weighted by atomic mass is 32.2. The molecule has 0 aliphatic carbocycles. The van der Waals surface area contributed by atoms with Crippen LogP contribution >= 0.6 is 0 Å². The van der Waals surface area contributed by atoms with Crippen molar-refractivity contribution in [1.29, 1.82) is 0 Å². The zero-order valence-electron chi connectivity index (χ0n) is 17.5. The van der Waals surface area contributed by atoms with Crippen molar-refractivity contribution in [3.8, 4) is 11.5 Å². The van der Waals surface area contributed by atoms with Crippen LogP contribution < -0.4 is 19.1 Å². The van der Waals surface area contributed by atoms with Crippen molar-refractivity contribution in [2.45, 2.75) is 11.4 Å². The fraction of sp³-hybridized carbons (Fsp3) is 0.182. The van der Waals surface area contributed by atoms with E-state index in [0.717, 1.165) is 22.0 Å². The maximum absolute atomic E-state index is 13.4. The predicted molar refractivity (Wildman–Crippen MR) is 117 cm³/mol. The quantitative estimate of drug-likeness (QED) is 0.529. The van der Waals surface area contributed by atoms with Crippen LogP contribution in [0.3, 0.4) is 0 Å². The average Bonchev–Trinajstić information content (AvgIpc) is 2.82. The summed E-state index contributed by atoms with van der Waals surface area (Å²) in [7, 11) is -1.38. The van der Waals surface area contributed by atoms with Crippen molar-refractivity contribution in [1.82, 2.24) is 10.3 Å². The number of anilines is 1. The van der Waals surface area contributed by atoms with Crippen molar-refractivity contribution in [2.75, 3.05) is 25.1 Å². The number of hydrogen-bond donors (Lipinski definition) is 1. The maximum atomic E-state index is 13.4. The lowest BCUT2D eigenvalue weighted by atomic mass is 10.2. The van der Waals surface area contributed by atoms with E-state index in [9.17, 15) is 17.6 Å². The van der Waals surface area contributed by atoms with Gasteiger partial charge in [-0.1, -0.05) is 0 Å². The van der Waals surface area contributed by atoms with E-state index in [2.05, 4.69) is 10.3 Å². The highest BCUT2D eigenvalue weighted by Gasteiger charge is 2.28. The Bertz CT molecular complexity index is 1170. The number of amides is 1. The summed E-state index contributed by atoms with van der Waals surface area (Å²) in [5.74, 6) is -0.487. The van der Waals surface area contributed by atoms with Crippen molar-refractivity contribution in [2.24, 2.45) is 0 Å². The van der Waals surface area contributed by atoms with E-state index in [1.54, 1.807) is 24.5 Å². The number of sulfonamides is 1. The predicted octanol–water partition coefficient (Wildman–Crippen LogP) is 2.75. The number of pyridine rings is 1. The minimum atomic E-state index is -4.20. The van der Waals surface area contributed by atoms with E-state index in [0.29, 0.717) is 5.75 Å². The van der Waals surface area contributed by atoms with E-state index in [1.807, 2.05) is 0 Å². The van der Waals surface area contributed by atoms with Crippen LogP contribution in [-0.4, -0.2) is 40.1 Å². The molecule has 1 heterocycles. The molecule has 0 fully saturated rings. The van der Waals surface area contributed by atoms with Gasteiger partial charge in [0.2, 0.25) is 5.91 Å². The number of carbonyl (C=O) groups excluding carboxylic acids is 1. The SMILES string of the molecule is COc1ccc(S(=O)(=O)N(CC(=O)NCc2ccncc2)c2ccc(F)cc2)cc1OC. The molecular formula is C22H22FN3O5S. The fourth-order valence-electron chi connectivity index (χ4n) is 2.91. The molecule has 1 aromatic heterocycles. The van der Waals surface area contributed by atoms with E-state index in [1.165, 1.54) is 44.6 Å². The lowest BCUT2D eigenvalue weighted by Gasteiger charge is -2.24. The van der Waals surface area contributed by atoms with E-state index in [-0.39, 0.29) is 22.9 Å². The third-order valence-electron chi connectivity index (χ3n) is 4.58. The number of rotatable bonds is 9. The number of nitrogens with one attached hydrogen (secondary N) is 1. The Hall–Kier alpha value is -3.66. The first-order valence-electron chi connectivity index (χ1n) is 9.51. The van der Waals surface area contributed by atoms with Crippen LogP contribution in [-0.2, 0) is 21.4 Å². The second-order valence-electron chi connectivity index (χ2n) is 6.64. The Labute approximate surface area is 185 Å². The first-order chi connectivity index (χ1) is 15.3. The van der Waals surface area contributed by atoms with Crippen LogP contribution in [0.15, 0.2) is 71.9 Å². The number of nitrogens with zero attached hydrogens (tertiary/aromatic N) is 2. The Kier molecular flexibility index (Phi) is 7.26. The zero-order valence-corrected chi connectivity index (χ0v) is 18.3. The van der Waals surface area contributed by atoms with Crippen molar-refractivity contribution >= 4 is 21.6 Å². The Morgan fingerprint density at radius 3 is 2.28 bits per heavy atom. The molecule has 10 heteroatoms. The first-order valence-corrected chi connectivity index (χ1v) is 10.9. The van der Waals surface area contributed by atoms with E-state index in [4.69, 9.17) is 9.47 Å². The molecule has 168 valence electrons. The van der Waals surface area contributed by atoms with Gasteiger partial charge in [-0.15, -0.1) is 0 Å². The Morgan fingerprint density at radius 1 is 1.00 bits per heavy atom. The van der Waals surface area contributed by atoms with Crippen molar-refractivity contribution in [3.05, 3.63) is 78.4 Å². The molecule has 0 spiro atoms. The molecule has 32 heavy (non-hydrogen) atoms. The second-order valence-corrected chi connectivity index (χ2v) is 8.50. The number of halogens is 1. The maximum Gasteiger partial charge on any atom is 0.264 e. The molecule has 2 aromatic carbocycles. The molecule has 3 aromatic rings. The number of benzene rings is 2. The molecule has 0 aliphatic rings. The van der Waals surface area contributed by atoms with Crippen LogP contribution in [0, 0.1) is 5.82 Å². The van der Waals surface area contributed by atoms with Gasteiger partial charge in [-0.05, 0) is 54.1 Å². The number of carbonyl (C=O) groups is 1. The van der Waals surface area contributed by atoms with Crippen molar-refractivity contribution < 1.29 is 27.1 Å². The van der Waals surface area contributed by atoms with Gasteiger partial charge in [-0.3, -0.25) is 14.1 Å². The summed E-state index contributed by atoms with van der Waals surface area (Å²) < 4.78 is 51.6. The van der Waals surface area contributed by atoms with Gasteiger partial charge in [0.25, 0.3) is 10.0 Å². The van der Waals surface area contributed by atoms with Crippen molar-refractivity contribution in [3.63, 3.8) is 0 Å². The summed E-state index contributed by atoms with van der Waals surface area (Å²) in [6.07, 6.45) is 3.18. The van der Waals surface area contributed by atoms with Crippen LogP contribution in [0.4, 0.5) is 10.1 Å². The van der Waals surface area contributed by atoms with Gasteiger partial charge in [0.15, 0.2) is 11.5 Å². The molecule has 8 nitrogen and oxygen atoms in total. The van der Waals surface area contributed by atoms with Gasteiger partial charge in [0.1, 0.15) is 12.4 Å². The number of hydrogen-bond acceptors (Lipinski definition) is 6. The zero-order chi connectivity index (χ0) is 23.1. The minimum absolute atomic E-state index is 0.110. The highest BCUT2D eigenvalue weighted by Crippen LogP contribution is 2.32. The van der Waals surface area contributed by atoms with Crippen LogP contribution in [0.5, 0.6) is 11.5 Å². The average molecular weight is 459 g/mol. The minimum Gasteiger partial charge on any atom is -0.493 e. The third-order valence-corrected chi connectivity index (χ3v) is 6.35. The van der Waals surface area contributed by atoms with Gasteiger partial charge >= 0.3 is 0 Å². The molecule has 3 rings (SSSR count). The molecular weight excluding hydrogens is 437 g/mol. The number of aromatic nitrogens is 1. The van der Waals surface area contributed by atoms with Gasteiger partial charge in [-0.25, -0.2) is 12.8 Å². The lowest BCUT2D eigenvalue weighted by molar-refractivity contribution is -0.119. The van der Waals surface area contributed by atoms with Crippen LogP contribution in [0.1, 0.15) is 5.56 Å². The molecule has 0 saturated carbocycles. The topological polar surface area (TPSA) is 97.8 Å². The summed E-state index contributed by atoms with van der Waals surface area (Å²) in [6, 6.07) is 12.4. The molecule has 0 aliphatic heterocycles. The number of ether oxygens (including phenoxy) is 2. The largest absolute Gasteiger partial charge is 0.493 e. The summed E-state index contributed by atoms with van der Waals surface area (Å²) >= 11 is 0. The van der Waals surface area contributed by atoms with E-state index < -0.39 is 28.3 Å². The molecule has 0 saturated heterocycles. The summed E-state index contributed by atoms with van der Waals surface area (Å²) in [5, 5.41) is 2.68. The van der Waals surface area contributed by atoms with Gasteiger partial charge in [0.05, 0.1) is 24.8 Å². The fourth-order valence-corrected chi connectivity index (χ4v) is 4.35. The molecule has 0 radical (unpaired) electrons. The summed E-state index contributed by atoms with van der Waals surface area (Å²) in [5.41, 5.74) is 0.949. The highest BCUT2D eigenvalue weighted by molar-refractivity contribution is 7.92. The van der Waals surface area contributed by atoms with Gasteiger partial charge < -0.3 is 14.8 Å². The summed E-state index contributed by atoms with van der Waals surface area (Å²) in [4.78, 5) is 16.4. The van der Waals surface area contributed by atoms with Gasteiger partial charge in [-0.2, -0.15) is 0 Å². The molecule has 1 amide bonds. The smallest absolute Gasteiger partial charge is 0.264 e. The molecule has 1 N–H and O–H groups in total. The van der Waals surface area contributed by atoms with Gasteiger partial charge in [0, 0.05) is 25.0 Å².